The Morgan fingerprint density at radius 1 is 1.35 bits per heavy atom. The lowest BCUT2D eigenvalue weighted by molar-refractivity contribution is -0.385. The topological polar surface area (TPSA) is 102 Å². The van der Waals surface area contributed by atoms with Gasteiger partial charge in [0.15, 0.2) is 0 Å². The van der Waals surface area contributed by atoms with Gasteiger partial charge in [0.1, 0.15) is 10.6 Å². The van der Waals surface area contributed by atoms with Crippen molar-refractivity contribution in [1.82, 2.24) is 9.62 Å². The molecular formula is C13H20ClN3O5S. The first-order valence-corrected chi connectivity index (χ1v) is 8.34. The summed E-state index contributed by atoms with van der Waals surface area (Å²) in [6, 6.07) is 3.88. The highest BCUT2D eigenvalue weighted by Gasteiger charge is 2.32. The van der Waals surface area contributed by atoms with E-state index in [2.05, 4.69) is 5.32 Å². The van der Waals surface area contributed by atoms with Crippen LogP contribution in [0.4, 0.5) is 5.69 Å². The van der Waals surface area contributed by atoms with Crippen LogP contribution in [0, 0.1) is 10.1 Å². The van der Waals surface area contributed by atoms with Crippen molar-refractivity contribution in [1.29, 1.82) is 0 Å². The molecule has 0 saturated carbocycles. The number of rotatable bonds is 5. The molecule has 1 heterocycles. The summed E-state index contributed by atoms with van der Waals surface area (Å²) in [6.45, 7) is 0.749. The van der Waals surface area contributed by atoms with E-state index >= 15 is 0 Å². The second kappa shape index (κ2) is 7.91. The Labute approximate surface area is 141 Å². The number of piperidine rings is 1. The van der Waals surface area contributed by atoms with Crippen molar-refractivity contribution in [2.45, 2.75) is 23.8 Å². The summed E-state index contributed by atoms with van der Waals surface area (Å²) in [4.78, 5) is 10.1. The summed E-state index contributed by atoms with van der Waals surface area (Å²) < 4.78 is 31.9. The fourth-order valence-electron chi connectivity index (χ4n) is 2.50. The molecule has 0 radical (unpaired) electrons. The number of non-ortho nitro benzene ring substituents is 1. The number of sulfonamides is 1. The molecule has 0 atom stereocenters. The number of nitrogens with zero attached hydrogens (tertiary/aromatic N) is 2. The second-order valence-corrected chi connectivity index (χ2v) is 6.97. The molecule has 0 unspecified atom stereocenters. The number of methoxy groups -OCH3 is 1. The van der Waals surface area contributed by atoms with Crippen LogP contribution in [-0.4, -0.2) is 50.9 Å². The molecule has 0 aromatic heterocycles. The van der Waals surface area contributed by atoms with Crippen LogP contribution < -0.4 is 10.1 Å². The van der Waals surface area contributed by atoms with Gasteiger partial charge in [-0.3, -0.25) is 10.1 Å². The summed E-state index contributed by atoms with van der Waals surface area (Å²) in [6.07, 6.45) is 1.40. The maximum absolute atomic E-state index is 12.7. The van der Waals surface area contributed by atoms with Crippen molar-refractivity contribution in [3.05, 3.63) is 28.3 Å². The summed E-state index contributed by atoms with van der Waals surface area (Å²) in [5.74, 6) is 0.112. The van der Waals surface area contributed by atoms with E-state index in [0.717, 1.165) is 6.07 Å². The molecule has 1 aromatic rings. The maximum atomic E-state index is 12.7. The van der Waals surface area contributed by atoms with Crippen LogP contribution >= 0.6 is 12.4 Å². The SMILES string of the molecule is CNC1CCN(S(=O)(=O)c2cc([N+](=O)[O-])ccc2OC)CC1.Cl. The van der Waals surface area contributed by atoms with Gasteiger partial charge >= 0.3 is 0 Å². The number of nitro benzene ring substituents is 1. The van der Waals surface area contributed by atoms with Crippen LogP contribution in [0.1, 0.15) is 12.8 Å². The Hall–Kier alpha value is -1.42. The van der Waals surface area contributed by atoms with Crippen molar-refractivity contribution in [2.75, 3.05) is 27.2 Å². The standard InChI is InChI=1S/C13H19N3O5S.ClH/c1-14-10-5-7-15(8-6-10)22(19,20)13-9-11(16(17)18)3-4-12(13)21-2;/h3-4,9-10,14H,5-8H2,1-2H3;1H. The smallest absolute Gasteiger partial charge is 0.271 e. The second-order valence-electron chi connectivity index (χ2n) is 5.06. The number of benzene rings is 1. The van der Waals surface area contributed by atoms with Crippen molar-refractivity contribution in [3.8, 4) is 5.75 Å². The van der Waals surface area contributed by atoms with Crippen LogP contribution in [0.3, 0.4) is 0 Å². The van der Waals surface area contributed by atoms with Gasteiger partial charge < -0.3 is 10.1 Å². The summed E-state index contributed by atoms with van der Waals surface area (Å²) >= 11 is 0. The molecule has 10 heteroatoms. The number of nitrogens with one attached hydrogen (secondary N) is 1. The predicted octanol–water partition coefficient (Wildman–Crippen LogP) is 1.40. The van der Waals surface area contributed by atoms with Gasteiger partial charge in [-0.1, -0.05) is 0 Å². The lowest BCUT2D eigenvalue weighted by Gasteiger charge is -2.31. The van der Waals surface area contributed by atoms with Crippen LogP contribution in [0.15, 0.2) is 23.1 Å². The van der Waals surface area contributed by atoms with E-state index in [1.807, 2.05) is 7.05 Å². The van der Waals surface area contributed by atoms with Crippen molar-refractivity contribution in [3.63, 3.8) is 0 Å². The fraction of sp³-hybridized carbons (Fsp3) is 0.538. The molecule has 1 fully saturated rings. The molecule has 8 nitrogen and oxygen atoms in total. The summed E-state index contributed by atoms with van der Waals surface area (Å²) in [5, 5.41) is 14.0. The number of hydrogen-bond donors (Lipinski definition) is 1. The van der Waals surface area contributed by atoms with E-state index in [-0.39, 0.29) is 28.7 Å². The van der Waals surface area contributed by atoms with Gasteiger partial charge in [-0.05, 0) is 26.0 Å². The molecule has 0 bridgehead atoms. The van der Waals surface area contributed by atoms with Crippen LogP contribution in [0.25, 0.3) is 0 Å². The molecule has 0 spiro atoms. The largest absolute Gasteiger partial charge is 0.495 e. The van der Waals surface area contributed by atoms with Crippen molar-refractivity contribution < 1.29 is 18.1 Å². The molecule has 0 aliphatic carbocycles. The zero-order chi connectivity index (χ0) is 16.3. The van der Waals surface area contributed by atoms with E-state index in [1.165, 1.54) is 23.5 Å². The molecule has 1 N–H and O–H groups in total. The first-order chi connectivity index (χ1) is 10.4. The highest BCUT2D eigenvalue weighted by atomic mass is 35.5. The van der Waals surface area contributed by atoms with Crippen LogP contribution in [0.2, 0.25) is 0 Å². The quantitative estimate of drug-likeness (QED) is 0.625. The molecule has 2 rings (SSSR count). The van der Waals surface area contributed by atoms with Crippen molar-refractivity contribution in [2.24, 2.45) is 0 Å². The average Bonchev–Trinajstić information content (AvgIpc) is 2.54. The minimum absolute atomic E-state index is 0. The molecule has 1 aliphatic rings. The third-order valence-electron chi connectivity index (χ3n) is 3.84. The van der Waals surface area contributed by atoms with E-state index < -0.39 is 14.9 Å². The molecular weight excluding hydrogens is 346 g/mol. The summed E-state index contributed by atoms with van der Waals surface area (Å²) in [5.41, 5.74) is -0.274. The molecule has 130 valence electrons. The lowest BCUT2D eigenvalue weighted by atomic mass is 10.1. The minimum Gasteiger partial charge on any atom is -0.495 e. The highest BCUT2D eigenvalue weighted by molar-refractivity contribution is 7.89. The predicted molar refractivity (Wildman–Crippen MR) is 87.7 cm³/mol. The van der Waals surface area contributed by atoms with Crippen LogP contribution in [-0.2, 0) is 10.0 Å². The Balaban J connectivity index is 0.00000264. The normalized spacial score (nSPS) is 16.6. The van der Waals surface area contributed by atoms with Gasteiger partial charge in [-0.15, -0.1) is 12.4 Å². The van der Waals surface area contributed by atoms with Gasteiger partial charge in [0.05, 0.1) is 12.0 Å². The van der Waals surface area contributed by atoms with Gasteiger partial charge in [-0.25, -0.2) is 8.42 Å². The highest BCUT2D eigenvalue weighted by Crippen LogP contribution is 2.31. The zero-order valence-corrected chi connectivity index (χ0v) is 14.5. The van der Waals surface area contributed by atoms with Crippen molar-refractivity contribution >= 4 is 28.1 Å². The van der Waals surface area contributed by atoms with E-state index in [1.54, 1.807) is 0 Å². The fourth-order valence-corrected chi connectivity index (χ4v) is 4.15. The summed E-state index contributed by atoms with van der Waals surface area (Å²) in [7, 11) is -0.630. The van der Waals surface area contributed by atoms with E-state index in [4.69, 9.17) is 4.74 Å². The van der Waals surface area contributed by atoms with E-state index in [9.17, 15) is 18.5 Å². The molecule has 1 aromatic carbocycles. The monoisotopic (exact) mass is 365 g/mol. The van der Waals surface area contributed by atoms with Crippen LogP contribution in [0.5, 0.6) is 5.75 Å². The Kier molecular flexibility index (Phi) is 6.75. The maximum Gasteiger partial charge on any atom is 0.271 e. The molecule has 0 amide bonds. The number of ether oxygens (including phenoxy) is 1. The molecule has 23 heavy (non-hydrogen) atoms. The third kappa shape index (κ3) is 4.11. The Bertz CT molecular complexity index is 660. The Morgan fingerprint density at radius 2 is 1.96 bits per heavy atom. The number of nitro groups is 1. The minimum atomic E-state index is -3.82. The molecule has 1 saturated heterocycles. The number of halogens is 1. The first kappa shape index (κ1) is 19.6. The molecule has 1 aliphatic heterocycles. The van der Waals surface area contributed by atoms with E-state index in [0.29, 0.717) is 32.0 Å². The van der Waals surface area contributed by atoms with Gasteiger partial charge in [-0.2, -0.15) is 4.31 Å². The van der Waals surface area contributed by atoms with Gasteiger partial charge in [0, 0.05) is 31.3 Å². The van der Waals surface area contributed by atoms with Gasteiger partial charge in [0.2, 0.25) is 10.0 Å². The number of hydrogen-bond acceptors (Lipinski definition) is 6. The average molecular weight is 366 g/mol. The first-order valence-electron chi connectivity index (χ1n) is 6.90. The van der Waals surface area contributed by atoms with Gasteiger partial charge in [0.25, 0.3) is 5.69 Å². The third-order valence-corrected chi connectivity index (χ3v) is 5.76. The Morgan fingerprint density at radius 3 is 2.43 bits per heavy atom. The lowest BCUT2D eigenvalue weighted by Crippen LogP contribution is -2.43. The zero-order valence-electron chi connectivity index (χ0n) is 12.9.